The van der Waals surface area contributed by atoms with E-state index in [0.717, 1.165) is 0 Å². The lowest BCUT2D eigenvalue weighted by molar-refractivity contribution is -0.116. The van der Waals surface area contributed by atoms with E-state index in [1.165, 1.54) is 23.7 Å². The Labute approximate surface area is 97.3 Å². The molecule has 1 aliphatic heterocycles. The second-order valence-electron chi connectivity index (χ2n) is 3.29. The van der Waals surface area contributed by atoms with Crippen LogP contribution in [0, 0.1) is 0 Å². The van der Waals surface area contributed by atoms with E-state index in [-0.39, 0.29) is 17.4 Å². The van der Waals surface area contributed by atoms with Crippen LogP contribution >= 0.6 is 11.8 Å². The summed E-state index contributed by atoms with van der Waals surface area (Å²) in [6.07, 6.45) is 0. The molecule has 4 nitrogen and oxygen atoms in total. The first-order chi connectivity index (χ1) is 7.68. The first kappa shape index (κ1) is 10.9. The SMILES string of the molecule is CC(=O)C1=NN(c2ccccc2)C(=O)CS1. The van der Waals surface area contributed by atoms with E-state index in [4.69, 9.17) is 0 Å². The second-order valence-corrected chi connectivity index (χ2v) is 4.26. The van der Waals surface area contributed by atoms with Crippen LogP contribution in [0.2, 0.25) is 0 Å². The predicted molar refractivity (Wildman–Crippen MR) is 64.5 cm³/mol. The summed E-state index contributed by atoms with van der Waals surface area (Å²) in [5, 5.41) is 5.71. The molecule has 0 saturated carbocycles. The Balaban J connectivity index is 2.35. The molecular weight excluding hydrogens is 224 g/mol. The van der Waals surface area contributed by atoms with Gasteiger partial charge in [-0.1, -0.05) is 30.0 Å². The molecule has 0 aliphatic carbocycles. The average Bonchev–Trinajstić information content (AvgIpc) is 2.30. The van der Waals surface area contributed by atoms with Crippen molar-refractivity contribution in [1.29, 1.82) is 0 Å². The molecule has 1 amide bonds. The number of carbonyl (C=O) groups is 2. The molecule has 82 valence electrons. The summed E-state index contributed by atoms with van der Waals surface area (Å²) in [6, 6.07) is 9.09. The van der Waals surface area contributed by atoms with Crippen molar-refractivity contribution in [2.24, 2.45) is 5.10 Å². The number of carbonyl (C=O) groups excluding carboxylic acids is 2. The smallest absolute Gasteiger partial charge is 0.257 e. The molecule has 0 spiro atoms. The van der Waals surface area contributed by atoms with Gasteiger partial charge in [0.2, 0.25) is 0 Å². The lowest BCUT2D eigenvalue weighted by Gasteiger charge is -2.21. The Kier molecular flexibility index (Phi) is 3.05. The molecule has 2 rings (SSSR count). The number of hydrogen-bond acceptors (Lipinski definition) is 4. The van der Waals surface area contributed by atoms with Gasteiger partial charge in [-0.05, 0) is 12.1 Å². The first-order valence-corrected chi connectivity index (χ1v) is 5.77. The molecule has 0 saturated heterocycles. The highest BCUT2D eigenvalue weighted by Gasteiger charge is 2.24. The molecule has 0 atom stereocenters. The largest absolute Gasteiger partial charge is 0.292 e. The summed E-state index contributed by atoms with van der Waals surface area (Å²) in [4.78, 5) is 22.8. The fourth-order valence-electron chi connectivity index (χ4n) is 1.31. The van der Waals surface area contributed by atoms with Gasteiger partial charge in [0.25, 0.3) is 5.91 Å². The molecule has 1 aromatic carbocycles. The van der Waals surface area contributed by atoms with Crippen LogP contribution in [0.1, 0.15) is 6.92 Å². The highest BCUT2D eigenvalue weighted by molar-refractivity contribution is 8.16. The van der Waals surface area contributed by atoms with Gasteiger partial charge in [0.1, 0.15) is 0 Å². The van der Waals surface area contributed by atoms with Crippen molar-refractivity contribution in [3.05, 3.63) is 30.3 Å². The van der Waals surface area contributed by atoms with Crippen LogP contribution in [0.25, 0.3) is 0 Å². The first-order valence-electron chi connectivity index (χ1n) is 4.79. The average molecular weight is 234 g/mol. The number of rotatable bonds is 2. The van der Waals surface area contributed by atoms with Gasteiger partial charge in [-0.2, -0.15) is 10.1 Å². The standard InChI is InChI=1S/C11H10N2O2S/c1-8(14)11-12-13(10(15)7-16-11)9-5-3-2-4-6-9/h2-6H,7H2,1H3. The molecule has 0 fully saturated rings. The maximum atomic E-state index is 11.6. The van der Waals surface area contributed by atoms with Crippen LogP contribution in [0.4, 0.5) is 5.69 Å². The van der Waals surface area contributed by atoms with Crippen molar-refractivity contribution in [1.82, 2.24) is 0 Å². The van der Waals surface area contributed by atoms with E-state index in [0.29, 0.717) is 10.7 Å². The molecule has 0 aromatic heterocycles. The highest BCUT2D eigenvalue weighted by Crippen LogP contribution is 2.21. The summed E-state index contributed by atoms with van der Waals surface area (Å²) in [5.74, 6) is 0.0347. The summed E-state index contributed by atoms with van der Waals surface area (Å²) >= 11 is 1.19. The minimum Gasteiger partial charge on any atom is -0.292 e. The van der Waals surface area contributed by atoms with Gasteiger partial charge in [-0.3, -0.25) is 9.59 Å². The van der Waals surface area contributed by atoms with Crippen LogP contribution in [0.3, 0.4) is 0 Å². The normalized spacial score (nSPS) is 15.9. The van der Waals surface area contributed by atoms with Crippen molar-refractivity contribution in [2.45, 2.75) is 6.92 Å². The molecule has 16 heavy (non-hydrogen) atoms. The Hall–Kier alpha value is -1.62. The fourth-order valence-corrected chi connectivity index (χ4v) is 2.03. The number of Topliss-reactive ketones (excluding diaryl/α,β-unsaturated/α-hetero) is 1. The molecule has 0 unspecified atom stereocenters. The molecular formula is C11H10N2O2S. The van der Waals surface area contributed by atoms with Crippen molar-refractivity contribution < 1.29 is 9.59 Å². The van der Waals surface area contributed by atoms with E-state index < -0.39 is 0 Å². The van der Waals surface area contributed by atoms with Gasteiger partial charge < -0.3 is 0 Å². The predicted octanol–water partition coefficient (Wildman–Crippen LogP) is 1.67. The molecule has 1 heterocycles. The lowest BCUT2D eigenvalue weighted by Crippen LogP contribution is -2.33. The van der Waals surface area contributed by atoms with E-state index in [9.17, 15) is 9.59 Å². The maximum absolute atomic E-state index is 11.6. The zero-order chi connectivity index (χ0) is 11.5. The lowest BCUT2D eigenvalue weighted by atomic mass is 10.3. The number of anilines is 1. The van der Waals surface area contributed by atoms with Gasteiger partial charge in [-0.25, -0.2) is 0 Å². The zero-order valence-corrected chi connectivity index (χ0v) is 9.53. The van der Waals surface area contributed by atoms with E-state index in [2.05, 4.69) is 5.10 Å². The van der Waals surface area contributed by atoms with Gasteiger partial charge in [-0.15, -0.1) is 0 Å². The Morgan fingerprint density at radius 1 is 1.38 bits per heavy atom. The summed E-state index contributed by atoms with van der Waals surface area (Å²) in [5.41, 5.74) is 0.687. The number of hydrazone groups is 1. The Morgan fingerprint density at radius 2 is 2.06 bits per heavy atom. The van der Waals surface area contributed by atoms with E-state index >= 15 is 0 Å². The van der Waals surface area contributed by atoms with Crippen LogP contribution in [-0.2, 0) is 9.59 Å². The highest BCUT2D eigenvalue weighted by atomic mass is 32.2. The van der Waals surface area contributed by atoms with Crippen molar-refractivity contribution >= 4 is 34.2 Å². The third-order valence-electron chi connectivity index (χ3n) is 2.06. The quantitative estimate of drug-likeness (QED) is 0.782. The van der Waals surface area contributed by atoms with Gasteiger partial charge in [0, 0.05) is 6.92 Å². The monoisotopic (exact) mass is 234 g/mol. The van der Waals surface area contributed by atoms with Crippen LogP contribution in [0.15, 0.2) is 35.4 Å². The Bertz CT molecular complexity index is 456. The molecule has 0 radical (unpaired) electrons. The Morgan fingerprint density at radius 3 is 2.69 bits per heavy atom. The summed E-state index contributed by atoms with van der Waals surface area (Å²) < 4.78 is 0. The topological polar surface area (TPSA) is 49.7 Å². The molecule has 5 heteroatoms. The van der Waals surface area contributed by atoms with Crippen molar-refractivity contribution in [3.8, 4) is 0 Å². The van der Waals surface area contributed by atoms with E-state index in [1.807, 2.05) is 18.2 Å². The third kappa shape index (κ3) is 2.14. The number of ketones is 1. The third-order valence-corrected chi connectivity index (χ3v) is 3.10. The number of hydrogen-bond donors (Lipinski definition) is 0. The van der Waals surface area contributed by atoms with E-state index in [1.54, 1.807) is 12.1 Å². The minimum absolute atomic E-state index is 0.110. The fraction of sp³-hybridized carbons (Fsp3) is 0.182. The summed E-state index contributed by atoms with van der Waals surface area (Å²) in [6.45, 7) is 1.45. The number of para-hydroxylation sites is 1. The van der Waals surface area contributed by atoms with Crippen molar-refractivity contribution in [2.75, 3.05) is 10.8 Å². The summed E-state index contributed by atoms with van der Waals surface area (Å²) in [7, 11) is 0. The zero-order valence-electron chi connectivity index (χ0n) is 8.71. The number of thioether (sulfide) groups is 1. The maximum Gasteiger partial charge on any atom is 0.257 e. The van der Waals surface area contributed by atoms with Gasteiger partial charge in [0.05, 0.1) is 11.4 Å². The second kappa shape index (κ2) is 4.49. The van der Waals surface area contributed by atoms with Gasteiger partial charge in [0.15, 0.2) is 10.8 Å². The minimum atomic E-state index is -0.113. The number of amides is 1. The number of nitrogens with zero attached hydrogens (tertiary/aromatic N) is 2. The molecule has 1 aromatic rings. The van der Waals surface area contributed by atoms with Crippen LogP contribution < -0.4 is 5.01 Å². The molecule has 1 aliphatic rings. The van der Waals surface area contributed by atoms with Crippen LogP contribution in [0.5, 0.6) is 0 Å². The molecule has 0 bridgehead atoms. The van der Waals surface area contributed by atoms with Crippen LogP contribution in [-0.4, -0.2) is 22.5 Å². The van der Waals surface area contributed by atoms with Crippen molar-refractivity contribution in [3.63, 3.8) is 0 Å². The molecule has 0 N–H and O–H groups in total. The number of benzene rings is 1. The van der Waals surface area contributed by atoms with Gasteiger partial charge >= 0.3 is 0 Å².